The minimum atomic E-state index is 0.782. The fraction of sp³-hybridized carbons (Fsp3) is 0.600. The maximum Gasteiger partial charge on any atom is 0.0178 e. The number of fused-ring (bicyclic) bond motifs is 1. The van der Waals surface area contributed by atoms with Gasteiger partial charge in [-0.15, -0.1) is 0 Å². The Morgan fingerprint density at radius 3 is 2.82 bits per heavy atom. The van der Waals surface area contributed by atoms with Gasteiger partial charge in [-0.1, -0.05) is 22.0 Å². The molecule has 0 spiro atoms. The number of rotatable bonds is 2. The predicted molar refractivity (Wildman–Crippen MR) is 75.5 cm³/mol. The van der Waals surface area contributed by atoms with Crippen LogP contribution in [0.5, 0.6) is 0 Å². The summed E-state index contributed by atoms with van der Waals surface area (Å²) in [4.78, 5) is 2.65. The van der Waals surface area contributed by atoms with Crippen molar-refractivity contribution in [2.24, 2.45) is 0 Å². The number of benzene rings is 1. The molecule has 1 heterocycles. The molecule has 2 heteroatoms. The van der Waals surface area contributed by atoms with Crippen molar-refractivity contribution in [3.05, 3.63) is 33.8 Å². The van der Waals surface area contributed by atoms with Gasteiger partial charge in [0.25, 0.3) is 0 Å². The highest BCUT2D eigenvalue weighted by molar-refractivity contribution is 9.10. The van der Waals surface area contributed by atoms with Gasteiger partial charge in [-0.05, 0) is 74.4 Å². The summed E-state index contributed by atoms with van der Waals surface area (Å²) in [6.45, 7) is 3.93. The molecule has 1 nitrogen and oxygen atoms in total. The van der Waals surface area contributed by atoms with Crippen LogP contribution in [-0.2, 0) is 6.42 Å². The summed E-state index contributed by atoms with van der Waals surface area (Å²) in [6, 6.07) is 6.88. The van der Waals surface area contributed by atoms with Gasteiger partial charge in [0.2, 0.25) is 0 Å². The van der Waals surface area contributed by atoms with E-state index in [0.29, 0.717) is 0 Å². The Kier molecular flexibility index (Phi) is 3.53. The fourth-order valence-electron chi connectivity index (χ4n) is 3.35. The first-order chi connectivity index (χ1) is 8.33. The molecule has 92 valence electrons. The van der Waals surface area contributed by atoms with Crippen molar-refractivity contribution < 1.29 is 0 Å². The van der Waals surface area contributed by atoms with E-state index < -0.39 is 0 Å². The second kappa shape index (κ2) is 5.11. The molecule has 0 bridgehead atoms. The smallest absolute Gasteiger partial charge is 0.0178 e. The van der Waals surface area contributed by atoms with Gasteiger partial charge in [-0.2, -0.15) is 0 Å². The van der Waals surface area contributed by atoms with E-state index in [0.717, 1.165) is 5.92 Å². The van der Waals surface area contributed by atoms with Gasteiger partial charge in [0, 0.05) is 11.0 Å². The molecule has 1 saturated heterocycles. The van der Waals surface area contributed by atoms with E-state index in [4.69, 9.17) is 0 Å². The zero-order valence-electron chi connectivity index (χ0n) is 10.3. The molecule has 1 aliphatic heterocycles. The lowest BCUT2D eigenvalue weighted by atomic mass is 9.82. The van der Waals surface area contributed by atoms with Crippen molar-refractivity contribution in [1.29, 1.82) is 0 Å². The van der Waals surface area contributed by atoms with Gasteiger partial charge in [0.05, 0.1) is 0 Å². The minimum Gasteiger partial charge on any atom is -0.303 e. The van der Waals surface area contributed by atoms with Crippen molar-refractivity contribution in [1.82, 2.24) is 4.90 Å². The van der Waals surface area contributed by atoms with Crippen LogP contribution >= 0.6 is 15.9 Å². The van der Waals surface area contributed by atoms with Gasteiger partial charge in [0.15, 0.2) is 0 Å². The lowest BCUT2D eigenvalue weighted by molar-refractivity contribution is 0.300. The molecule has 1 aromatic rings. The molecule has 0 aromatic heterocycles. The zero-order chi connectivity index (χ0) is 11.7. The number of hydrogen-bond acceptors (Lipinski definition) is 1. The summed E-state index contributed by atoms with van der Waals surface area (Å²) >= 11 is 3.59. The third kappa shape index (κ3) is 2.58. The maximum absolute atomic E-state index is 3.59. The first-order valence-corrected chi connectivity index (χ1v) is 7.63. The minimum absolute atomic E-state index is 0.782. The van der Waals surface area contributed by atoms with Crippen LogP contribution in [0.15, 0.2) is 22.7 Å². The van der Waals surface area contributed by atoms with E-state index >= 15 is 0 Å². The van der Waals surface area contributed by atoms with E-state index in [1.165, 1.54) is 56.2 Å². The molecule has 2 aliphatic rings. The molecular formula is C15H20BrN. The molecule has 3 rings (SSSR count). The first-order valence-electron chi connectivity index (χ1n) is 6.83. The fourth-order valence-corrected chi connectivity index (χ4v) is 3.76. The lowest BCUT2D eigenvalue weighted by Crippen LogP contribution is -2.27. The van der Waals surface area contributed by atoms with Crippen LogP contribution in [0.2, 0.25) is 0 Å². The molecule has 1 unspecified atom stereocenters. The molecule has 1 aromatic carbocycles. The van der Waals surface area contributed by atoms with Crippen LogP contribution in [0.3, 0.4) is 0 Å². The van der Waals surface area contributed by atoms with Crippen LogP contribution in [0.4, 0.5) is 0 Å². The lowest BCUT2D eigenvalue weighted by Gasteiger charge is -2.29. The number of nitrogens with zero attached hydrogens (tertiary/aromatic N) is 1. The van der Waals surface area contributed by atoms with E-state index in [1.54, 1.807) is 11.1 Å². The first kappa shape index (κ1) is 11.7. The monoisotopic (exact) mass is 293 g/mol. The molecular weight excluding hydrogens is 274 g/mol. The van der Waals surface area contributed by atoms with Crippen LogP contribution < -0.4 is 0 Å². The molecule has 0 saturated carbocycles. The van der Waals surface area contributed by atoms with Crippen molar-refractivity contribution in [3.63, 3.8) is 0 Å². The Balaban J connectivity index is 1.78. The summed E-state index contributed by atoms with van der Waals surface area (Å²) in [5, 5.41) is 0. The number of hydrogen-bond donors (Lipinski definition) is 0. The highest BCUT2D eigenvalue weighted by Gasteiger charge is 2.23. The zero-order valence-corrected chi connectivity index (χ0v) is 11.9. The van der Waals surface area contributed by atoms with Crippen molar-refractivity contribution >= 4 is 15.9 Å². The number of likely N-dealkylation sites (tertiary alicyclic amines) is 1. The predicted octanol–water partition coefficient (Wildman–Crippen LogP) is 3.96. The largest absolute Gasteiger partial charge is 0.303 e. The van der Waals surface area contributed by atoms with Crippen molar-refractivity contribution in [2.45, 2.75) is 38.0 Å². The Hall–Kier alpha value is -0.340. The van der Waals surface area contributed by atoms with Crippen molar-refractivity contribution in [2.75, 3.05) is 19.6 Å². The highest BCUT2D eigenvalue weighted by Crippen LogP contribution is 2.34. The van der Waals surface area contributed by atoms with Crippen LogP contribution in [0.25, 0.3) is 0 Å². The molecule has 0 N–H and O–H groups in total. The third-order valence-electron chi connectivity index (χ3n) is 4.22. The quantitative estimate of drug-likeness (QED) is 0.798. The highest BCUT2D eigenvalue weighted by atomic mass is 79.9. The van der Waals surface area contributed by atoms with Crippen LogP contribution in [-0.4, -0.2) is 24.5 Å². The average Bonchev–Trinajstić information content (AvgIpc) is 2.82. The second-order valence-electron chi connectivity index (χ2n) is 5.44. The topological polar surface area (TPSA) is 3.24 Å². The number of aryl methyl sites for hydroxylation is 1. The summed E-state index contributed by atoms with van der Waals surface area (Å²) in [5.41, 5.74) is 3.20. The van der Waals surface area contributed by atoms with Gasteiger partial charge in [0.1, 0.15) is 0 Å². The van der Waals surface area contributed by atoms with E-state index in [9.17, 15) is 0 Å². The van der Waals surface area contributed by atoms with Gasteiger partial charge < -0.3 is 4.90 Å². The Labute approximate surface area is 112 Å². The van der Waals surface area contributed by atoms with Crippen LogP contribution in [0.1, 0.15) is 42.7 Å². The Bertz CT molecular complexity index is 396. The summed E-state index contributed by atoms with van der Waals surface area (Å²) in [6.07, 6.45) is 6.82. The third-order valence-corrected chi connectivity index (χ3v) is 4.71. The van der Waals surface area contributed by atoms with E-state index in [2.05, 4.69) is 39.0 Å². The molecule has 1 aliphatic carbocycles. The van der Waals surface area contributed by atoms with Gasteiger partial charge in [-0.3, -0.25) is 0 Å². The van der Waals surface area contributed by atoms with E-state index in [1.807, 2.05) is 0 Å². The van der Waals surface area contributed by atoms with E-state index in [-0.39, 0.29) is 0 Å². The standard InChI is InChI=1S/C15H20BrN/c16-14-6-7-15-12(10-14)4-3-5-13(15)11-17-8-1-2-9-17/h6-7,10,13H,1-5,8-9,11H2. The molecule has 17 heavy (non-hydrogen) atoms. The average molecular weight is 294 g/mol. The van der Waals surface area contributed by atoms with Crippen LogP contribution in [0, 0.1) is 0 Å². The SMILES string of the molecule is Brc1ccc2c(c1)CCCC2CN1CCCC1. The molecule has 0 amide bonds. The summed E-state index contributed by atoms with van der Waals surface area (Å²) in [5.74, 6) is 0.782. The number of halogens is 1. The van der Waals surface area contributed by atoms with Gasteiger partial charge in [-0.25, -0.2) is 0 Å². The maximum atomic E-state index is 3.59. The van der Waals surface area contributed by atoms with Gasteiger partial charge >= 0.3 is 0 Å². The second-order valence-corrected chi connectivity index (χ2v) is 6.36. The normalized spacial score (nSPS) is 24.9. The molecule has 1 fully saturated rings. The Morgan fingerprint density at radius 1 is 1.18 bits per heavy atom. The summed E-state index contributed by atoms with van der Waals surface area (Å²) < 4.78 is 1.23. The Morgan fingerprint density at radius 2 is 2.00 bits per heavy atom. The molecule has 0 radical (unpaired) electrons. The van der Waals surface area contributed by atoms with Crippen molar-refractivity contribution in [3.8, 4) is 0 Å². The molecule has 1 atom stereocenters. The summed E-state index contributed by atoms with van der Waals surface area (Å²) in [7, 11) is 0.